The number of rotatable bonds is 3. The zero-order valence-electron chi connectivity index (χ0n) is 11.5. The van der Waals surface area contributed by atoms with Crippen LogP contribution < -0.4 is 5.32 Å². The van der Waals surface area contributed by atoms with Gasteiger partial charge in [0.05, 0.1) is 12.0 Å². The van der Waals surface area contributed by atoms with Crippen LogP contribution in [0.25, 0.3) is 0 Å². The summed E-state index contributed by atoms with van der Waals surface area (Å²) in [7, 11) is 0. The van der Waals surface area contributed by atoms with Crippen LogP contribution in [-0.4, -0.2) is 11.0 Å². The largest absolute Gasteiger partial charge is 0.388 e. The molecular weight excluding hydrogens is 226 g/mol. The number of aliphatic hydroxyl groups excluding tert-OH is 1. The number of amides is 1. The number of aliphatic hydroxyl groups is 1. The lowest BCUT2D eigenvalue weighted by Crippen LogP contribution is -2.10. The second-order valence-electron chi connectivity index (χ2n) is 5.05. The highest BCUT2D eigenvalue weighted by atomic mass is 16.3. The molecule has 18 heavy (non-hydrogen) atoms. The Morgan fingerprint density at radius 1 is 1.33 bits per heavy atom. The Hall–Kier alpha value is -1.35. The second-order valence-corrected chi connectivity index (χ2v) is 5.05. The number of benzene rings is 1. The van der Waals surface area contributed by atoms with Crippen molar-refractivity contribution in [3.8, 4) is 0 Å². The fourth-order valence-electron chi connectivity index (χ4n) is 2.73. The van der Waals surface area contributed by atoms with Crippen LogP contribution in [0.3, 0.4) is 0 Å². The maximum absolute atomic E-state index is 11.9. The van der Waals surface area contributed by atoms with E-state index in [1.807, 2.05) is 33.8 Å². The van der Waals surface area contributed by atoms with Gasteiger partial charge in [0.25, 0.3) is 0 Å². The molecule has 2 unspecified atom stereocenters. The summed E-state index contributed by atoms with van der Waals surface area (Å²) in [6.07, 6.45) is 1.04. The van der Waals surface area contributed by atoms with Gasteiger partial charge >= 0.3 is 0 Å². The van der Waals surface area contributed by atoms with Crippen LogP contribution in [0.1, 0.15) is 61.0 Å². The molecule has 0 fully saturated rings. The van der Waals surface area contributed by atoms with E-state index in [-0.39, 0.29) is 11.8 Å². The van der Waals surface area contributed by atoms with Crippen LogP contribution in [0.4, 0.5) is 5.69 Å². The van der Waals surface area contributed by atoms with Gasteiger partial charge in [-0.15, -0.1) is 0 Å². The first-order chi connectivity index (χ1) is 8.51. The summed E-state index contributed by atoms with van der Waals surface area (Å²) in [6, 6.07) is 2.01. The topological polar surface area (TPSA) is 49.3 Å². The molecule has 0 radical (unpaired) electrons. The van der Waals surface area contributed by atoms with Crippen LogP contribution in [0.5, 0.6) is 0 Å². The van der Waals surface area contributed by atoms with Crippen molar-refractivity contribution in [1.29, 1.82) is 0 Å². The van der Waals surface area contributed by atoms with E-state index >= 15 is 0 Å². The molecule has 0 saturated carbocycles. The molecule has 0 aromatic heterocycles. The van der Waals surface area contributed by atoms with Crippen molar-refractivity contribution in [2.24, 2.45) is 0 Å². The molecule has 1 aromatic rings. The minimum atomic E-state index is -0.442. The molecule has 1 aliphatic heterocycles. The number of hydrogen-bond donors (Lipinski definition) is 2. The standard InChI is InChI=1S/C15H21NO2/c1-5-10-12-7-11(13(17)6-2)8(3)9(4)14(12)16-15(10)18/h7,10,13,17H,5-6H2,1-4H3,(H,16,18). The van der Waals surface area contributed by atoms with Crippen LogP contribution >= 0.6 is 0 Å². The van der Waals surface area contributed by atoms with Crippen molar-refractivity contribution in [1.82, 2.24) is 0 Å². The Kier molecular flexibility index (Phi) is 3.44. The molecule has 1 aromatic carbocycles. The van der Waals surface area contributed by atoms with Gasteiger partial charge in [0, 0.05) is 5.69 Å². The summed E-state index contributed by atoms with van der Waals surface area (Å²) >= 11 is 0. The summed E-state index contributed by atoms with van der Waals surface area (Å²) in [5.41, 5.74) is 5.13. The van der Waals surface area contributed by atoms with Gasteiger partial charge in [-0.3, -0.25) is 4.79 Å². The van der Waals surface area contributed by atoms with Crippen molar-refractivity contribution >= 4 is 11.6 Å². The first-order valence-corrected chi connectivity index (χ1v) is 6.64. The first kappa shape index (κ1) is 13.1. The number of fused-ring (bicyclic) bond motifs is 1. The lowest BCUT2D eigenvalue weighted by molar-refractivity contribution is -0.117. The van der Waals surface area contributed by atoms with Gasteiger partial charge in [0.1, 0.15) is 0 Å². The van der Waals surface area contributed by atoms with Gasteiger partial charge in [-0.25, -0.2) is 0 Å². The molecule has 0 spiro atoms. The number of carbonyl (C=O) groups excluding carboxylic acids is 1. The average Bonchev–Trinajstić information content (AvgIpc) is 2.68. The highest BCUT2D eigenvalue weighted by Crippen LogP contribution is 2.41. The zero-order valence-corrected chi connectivity index (χ0v) is 11.5. The van der Waals surface area contributed by atoms with Crippen molar-refractivity contribution in [2.45, 2.75) is 52.6 Å². The Morgan fingerprint density at radius 2 is 2.00 bits per heavy atom. The third-order valence-corrected chi connectivity index (χ3v) is 4.06. The molecule has 0 saturated heterocycles. The van der Waals surface area contributed by atoms with Crippen LogP contribution in [0, 0.1) is 13.8 Å². The Bertz CT molecular complexity index is 494. The monoisotopic (exact) mass is 247 g/mol. The average molecular weight is 247 g/mol. The van der Waals surface area contributed by atoms with E-state index in [0.29, 0.717) is 6.42 Å². The molecule has 98 valence electrons. The summed E-state index contributed by atoms with van der Waals surface area (Å²) in [6.45, 7) is 8.01. The molecule has 0 bridgehead atoms. The van der Waals surface area contributed by atoms with E-state index in [1.54, 1.807) is 0 Å². The van der Waals surface area contributed by atoms with Crippen molar-refractivity contribution in [2.75, 3.05) is 5.32 Å². The summed E-state index contributed by atoms with van der Waals surface area (Å²) in [4.78, 5) is 11.9. The molecule has 3 nitrogen and oxygen atoms in total. The zero-order chi connectivity index (χ0) is 13.4. The van der Waals surface area contributed by atoms with Gasteiger partial charge in [-0.1, -0.05) is 19.9 Å². The smallest absolute Gasteiger partial charge is 0.232 e. The molecular formula is C15H21NO2. The highest BCUT2D eigenvalue weighted by molar-refractivity contribution is 6.04. The molecule has 2 N–H and O–H groups in total. The first-order valence-electron chi connectivity index (χ1n) is 6.64. The Morgan fingerprint density at radius 3 is 2.56 bits per heavy atom. The molecule has 1 aliphatic rings. The lowest BCUT2D eigenvalue weighted by atomic mass is 9.89. The van der Waals surface area contributed by atoms with Gasteiger partial charge < -0.3 is 10.4 Å². The molecule has 2 rings (SSSR count). The minimum Gasteiger partial charge on any atom is -0.388 e. The summed E-state index contributed by atoms with van der Waals surface area (Å²) in [5, 5.41) is 13.1. The third kappa shape index (κ3) is 1.83. The second kappa shape index (κ2) is 4.73. The predicted octanol–water partition coefficient (Wildman–Crippen LogP) is 3.19. The van der Waals surface area contributed by atoms with Crippen LogP contribution in [0.15, 0.2) is 6.07 Å². The normalized spacial score (nSPS) is 19.6. The van der Waals surface area contributed by atoms with Crippen LogP contribution in [0.2, 0.25) is 0 Å². The fourth-order valence-corrected chi connectivity index (χ4v) is 2.73. The molecule has 3 heteroatoms. The van der Waals surface area contributed by atoms with Gasteiger partial charge in [0.15, 0.2) is 0 Å². The van der Waals surface area contributed by atoms with E-state index in [1.165, 1.54) is 0 Å². The van der Waals surface area contributed by atoms with Crippen LogP contribution in [-0.2, 0) is 4.79 Å². The molecule has 0 aliphatic carbocycles. The van der Waals surface area contributed by atoms with E-state index in [4.69, 9.17) is 0 Å². The van der Waals surface area contributed by atoms with Crippen molar-refractivity contribution in [3.63, 3.8) is 0 Å². The fraction of sp³-hybridized carbons (Fsp3) is 0.533. The number of carbonyl (C=O) groups is 1. The molecule has 1 heterocycles. The van der Waals surface area contributed by atoms with Crippen molar-refractivity contribution in [3.05, 3.63) is 28.3 Å². The van der Waals surface area contributed by atoms with E-state index in [9.17, 15) is 9.90 Å². The quantitative estimate of drug-likeness (QED) is 0.861. The SMILES string of the molecule is CCC(O)c1cc2c(c(C)c1C)NC(=O)C2CC. The van der Waals surface area contributed by atoms with Gasteiger partial charge in [-0.2, -0.15) is 0 Å². The lowest BCUT2D eigenvalue weighted by Gasteiger charge is -2.18. The number of anilines is 1. The predicted molar refractivity (Wildman–Crippen MR) is 72.8 cm³/mol. The maximum atomic E-state index is 11.9. The highest BCUT2D eigenvalue weighted by Gasteiger charge is 2.32. The maximum Gasteiger partial charge on any atom is 0.232 e. The van der Waals surface area contributed by atoms with E-state index < -0.39 is 6.10 Å². The van der Waals surface area contributed by atoms with Gasteiger partial charge in [0.2, 0.25) is 5.91 Å². The summed E-state index contributed by atoms with van der Waals surface area (Å²) in [5.74, 6) is 0.0141. The Labute approximate surface area is 108 Å². The Balaban J connectivity index is 2.60. The number of hydrogen-bond acceptors (Lipinski definition) is 2. The third-order valence-electron chi connectivity index (χ3n) is 4.06. The van der Waals surface area contributed by atoms with Gasteiger partial charge in [-0.05, 0) is 48.9 Å². The molecule has 1 amide bonds. The summed E-state index contributed by atoms with van der Waals surface area (Å²) < 4.78 is 0. The minimum absolute atomic E-state index is 0.0675. The number of nitrogens with one attached hydrogen (secondary N) is 1. The molecule has 2 atom stereocenters. The van der Waals surface area contributed by atoms with E-state index in [2.05, 4.69) is 5.32 Å². The van der Waals surface area contributed by atoms with E-state index in [0.717, 1.165) is 34.4 Å². The van der Waals surface area contributed by atoms with Crippen molar-refractivity contribution < 1.29 is 9.90 Å².